The van der Waals surface area contributed by atoms with E-state index in [2.05, 4.69) is 10.2 Å². The van der Waals surface area contributed by atoms with Crippen molar-refractivity contribution in [2.75, 3.05) is 83.5 Å². The predicted octanol–water partition coefficient (Wildman–Crippen LogP) is 7.30. The first-order valence-electron chi connectivity index (χ1n) is 30.6. The van der Waals surface area contributed by atoms with Crippen LogP contribution in [0.5, 0.6) is 11.5 Å². The maximum absolute atomic E-state index is 18.2. The van der Waals surface area contributed by atoms with Crippen molar-refractivity contribution < 1.29 is 66.2 Å². The van der Waals surface area contributed by atoms with Crippen LogP contribution in [0.2, 0.25) is 0 Å². The molecule has 7 fully saturated rings. The molecule has 2 aromatic carbocycles. The number of ketones is 2. The monoisotopic (exact) mass is 1210 g/mol. The van der Waals surface area contributed by atoms with Crippen molar-refractivity contribution in [3.8, 4) is 11.5 Å². The number of hydrogen-bond donors (Lipinski definition) is 3. The number of ether oxygens (including phenoxy) is 5. The van der Waals surface area contributed by atoms with Gasteiger partial charge in [0.2, 0.25) is 10.9 Å². The lowest BCUT2D eigenvalue weighted by Crippen LogP contribution is -2.69. The highest BCUT2D eigenvalue weighted by molar-refractivity contribution is 6.03. The molecular weight excluding hydrogens is 1130 g/mol. The Labute approximate surface area is 502 Å². The summed E-state index contributed by atoms with van der Waals surface area (Å²) in [5, 5.41) is 28.1. The second-order valence-electron chi connectivity index (χ2n) is 26.4. The number of aromatic nitrogens is 2. The summed E-state index contributed by atoms with van der Waals surface area (Å²) < 4.78 is 85.8. The zero-order chi connectivity index (χ0) is 62.5. The third kappa shape index (κ3) is 8.89. The van der Waals surface area contributed by atoms with E-state index < -0.39 is 110 Å². The average molecular weight is 1210 g/mol. The molecular formula is C65H79F3N6O13. The smallest absolute Gasteiger partial charge is 0.365 e. The number of nitrogens with one attached hydrogen (secondary N) is 1. The predicted molar refractivity (Wildman–Crippen MR) is 318 cm³/mol. The molecule has 0 bridgehead atoms. The Balaban J connectivity index is 0.942. The van der Waals surface area contributed by atoms with Gasteiger partial charge in [-0.2, -0.15) is 0 Å². The Kier molecular flexibility index (Phi) is 15.1. The van der Waals surface area contributed by atoms with Gasteiger partial charge in [0.1, 0.15) is 34.7 Å². The number of halogens is 3. The summed E-state index contributed by atoms with van der Waals surface area (Å²) >= 11 is 0. The van der Waals surface area contributed by atoms with Crippen LogP contribution in [0.3, 0.4) is 0 Å². The number of likely N-dealkylation sites (N-methyl/N-ethyl adjacent to an activating group) is 1. The van der Waals surface area contributed by atoms with Crippen LogP contribution in [0, 0.1) is 67.9 Å². The number of rotatable bonds is 14. The van der Waals surface area contributed by atoms with Gasteiger partial charge in [-0.15, -0.1) is 0 Å². The first kappa shape index (κ1) is 60.7. The van der Waals surface area contributed by atoms with Crippen molar-refractivity contribution in [2.24, 2.45) is 28.6 Å². The number of aryl methyl sites for hydroxylation is 2. The fourth-order valence-corrected chi connectivity index (χ4v) is 16.7. The molecule has 2 aromatic heterocycles. The molecule has 0 spiro atoms. The van der Waals surface area contributed by atoms with Crippen molar-refractivity contribution in [3.05, 3.63) is 89.5 Å². The van der Waals surface area contributed by atoms with E-state index in [-0.39, 0.29) is 110 Å². The fourth-order valence-electron chi connectivity index (χ4n) is 16.7. The van der Waals surface area contributed by atoms with E-state index in [4.69, 9.17) is 23.7 Å². The normalized spacial score (nSPS) is 30.2. The van der Waals surface area contributed by atoms with Crippen molar-refractivity contribution in [1.82, 2.24) is 19.4 Å². The maximum Gasteiger partial charge on any atom is 0.365 e. The average Bonchev–Trinajstić information content (AvgIpc) is 1.68. The van der Waals surface area contributed by atoms with Gasteiger partial charge >= 0.3 is 18.4 Å². The minimum absolute atomic E-state index is 0.0515. The van der Waals surface area contributed by atoms with E-state index in [9.17, 15) is 15.0 Å². The first-order chi connectivity index (χ1) is 41.2. The van der Waals surface area contributed by atoms with Gasteiger partial charge in [0.15, 0.2) is 40.4 Å². The Morgan fingerprint density at radius 2 is 1.30 bits per heavy atom. The summed E-state index contributed by atoms with van der Waals surface area (Å²) in [5.74, 6) is -7.72. The highest BCUT2D eigenvalue weighted by Gasteiger charge is 2.75. The summed E-state index contributed by atoms with van der Waals surface area (Å²) in [6.07, 6.45) is 5.40. The molecule has 12 rings (SSSR count). The van der Waals surface area contributed by atoms with Gasteiger partial charge in [-0.1, -0.05) is 25.5 Å². The summed E-state index contributed by atoms with van der Waals surface area (Å²) in [4.78, 5) is 94.2. The number of esters is 2. The number of anilines is 2. The van der Waals surface area contributed by atoms with E-state index in [0.29, 0.717) is 83.5 Å². The zero-order valence-electron chi connectivity index (χ0n) is 51.4. The Morgan fingerprint density at radius 1 is 0.770 bits per heavy atom. The number of methoxy groups -OCH3 is 2. The van der Waals surface area contributed by atoms with Crippen LogP contribution < -0.4 is 35.4 Å². The molecule has 10 atom stereocenters. The van der Waals surface area contributed by atoms with Crippen LogP contribution >= 0.6 is 0 Å². The van der Waals surface area contributed by atoms with Crippen molar-refractivity contribution >= 4 is 56.7 Å². The van der Waals surface area contributed by atoms with E-state index in [1.165, 1.54) is 60.1 Å². The molecule has 0 amide bonds. The molecule has 2 aliphatic heterocycles. The number of Topliss-reactive ketones (excluding diaryl/α,β-unsaturated/α-hetero) is 1. The quantitative estimate of drug-likeness (QED) is 0.0833. The molecule has 4 heterocycles. The minimum atomic E-state index is -2.54. The van der Waals surface area contributed by atoms with Gasteiger partial charge in [0, 0.05) is 103 Å². The Morgan fingerprint density at radius 3 is 1.80 bits per heavy atom. The second-order valence-corrected chi connectivity index (χ2v) is 26.4. The summed E-state index contributed by atoms with van der Waals surface area (Å²) in [7, 11) is 4.77. The number of allylic oxidation sites excluding steroid dienone is 4. The fraction of sp³-hybridized carbons (Fsp3) is 0.600. The van der Waals surface area contributed by atoms with Crippen LogP contribution in [0.1, 0.15) is 134 Å². The van der Waals surface area contributed by atoms with E-state index in [1.807, 2.05) is 23.8 Å². The number of benzene rings is 2. The number of hydrogen-bond acceptors (Lipinski definition) is 17. The van der Waals surface area contributed by atoms with E-state index in [0.717, 1.165) is 0 Å². The van der Waals surface area contributed by atoms with E-state index >= 15 is 37.1 Å². The van der Waals surface area contributed by atoms with Crippen molar-refractivity contribution in [1.29, 1.82) is 0 Å². The molecule has 3 N–H and O–H groups in total. The lowest BCUT2D eigenvalue weighted by molar-refractivity contribution is -0.241. The molecule has 2 unspecified atom stereocenters. The molecule has 19 nitrogen and oxygen atoms in total. The number of fused-ring (bicyclic) bond motifs is 7. The van der Waals surface area contributed by atoms with Crippen molar-refractivity contribution in [3.63, 3.8) is 0 Å². The number of pyridine rings is 2. The largest absolute Gasteiger partial charge is 0.492 e. The Hall–Kier alpha value is -6.59. The van der Waals surface area contributed by atoms with Gasteiger partial charge in [-0.05, 0) is 124 Å². The van der Waals surface area contributed by atoms with Crippen LogP contribution in [0.4, 0.5) is 24.5 Å². The van der Waals surface area contributed by atoms with Crippen LogP contribution in [-0.2, 0) is 23.8 Å². The van der Waals surface area contributed by atoms with Gasteiger partial charge in [0.05, 0.1) is 42.1 Å². The summed E-state index contributed by atoms with van der Waals surface area (Å²) in [6.45, 7) is 12.9. The number of carbonyl (C=O) groups is 4. The third-order valence-corrected chi connectivity index (χ3v) is 21.7. The molecule has 8 aliphatic rings. The summed E-state index contributed by atoms with van der Waals surface area (Å²) in [5.41, 5.74) is -8.92. The zero-order valence-corrected chi connectivity index (χ0v) is 51.4. The van der Waals surface area contributed by atoms with Gasteiger partial charge in [-0.25, -0.2) is 22.8 Å². The molecule has 468 valence electrons. The first-order valence-corrected chi connectivity index (χ1v) is 30.6. The number of aliphatic hydroxyl groups is 2. The molecule has 22 heteroatoms. The van der Waals surface area contributed by atoms with Crippen LogP contribution in [-0.4, -0.2) is 151 Å². The molecule has 6 aliphatic carbocycles. The molecule has 87 heavy (non-hydrogen) atoms. The summed E-state index contributed by atoms with van der Waals surface area (Å²) in [6, 6.07) is -0.466. The second kappa shape index (κ2) is 21.6. The number of piperazine rings is 2. The number of nitrogens with zero attached hydrogens (tertiary/aromatic N) is 5. The highest BCUT2D eigenvalue weighted by Crippen LogP contribution is 2.71. The molecule has 4 aromatic rings. The standard InChI is InChI=1S/C65H79F3N6O13/c1-31-26-42-41-17-12-37-27-40(75)18-19-62(37,7)64(41,68)43(76)28-63(42,8)65(31,82)44(77)30-85-61(86-59(80)47-35(5)73(38-13-14-38)51-45(55(47)78)33(3)49(66)53(57(51)83-10)71-22-20-69-21-23-71)87-60(81)48-36(6)74(39-15-16-39)52-46(56(48)79)34(4)50(67)54(58(52)84-11)72-25-24-70(9)32(2)29-72/h18-19,27,31-32,38-39,41-43,61,69,76,82H,12-17,20-26,28-30H2,1-11H3/t31-,32?,41+,42+,43+,61?,62+,63+,64+,65+/m1/s1. The number of carbonyl (C=O) groups excluding carboxylic acids is 4. The lowest BCUT2D eigenvalue weighted by atomic mass is 9.44. The van der Waals surface area contributed by atoms with Gasteiger partial charge in [0.25, 0.3) is 0 Å². The van der Waals surface area contributed by atoms with Gasteiger partial charge in [-0.3, -0.25) is 19.2 Å². The van der Waals surface area contributed by atoms with Gasteiger partial charge < -0.3 is 63.0 Å². The van der Waals surface area contributed by atoms with Crippen LogP contribution in [0.25, 0.3) is 21.8 Å². The van der Waals surface area contributed by atoms with E-state index in [1.54, 1.807) is 29.9 Å². The third-order valence-electron chi connectivity index (χ3n) is 21.7. The number of aliphatic hydroxyl groups excluding tert-OH is 1. The highest BCUT2D eigenvalue weighted by atomic mass is 19.1. The van der Waals surface area contributed by atoms with Crippen molar-refractivity contribution in [2.45, 2.75) is 149 Å². The Bertz CT molecular complexity index is 3810. The molecule has 2 saturated heterocycles. The molecule has 0 radical (unpaired) electrons. The maximum atomic E-state index is 18.2. The van der Waals surface area contributed by atoms with Crippen LogP contribution in [0.15, 0.2) is 33.4 Å². The minimum Gasteiger partial charge on any atom is -0.492 e. The number of alkyl halides is 1. The SMILES string of the molecule is COc1c(N2CCNCC2)c(F)c(C)c2c(=O)c(C(=O)OC(OCC(=O)[C@@]3(O)[C@H](C)C[C@H]4[C@@H]5CCC6=CC(=O)C=C[C@]6(C)[C@@]5(F)[C@@H](O)C[C@@]43C)OC(=O)c3c(C)n(C4CC4)c4c(OC)c(N5CCN(C)C(C)C5)c(F)c(C)c4c3=O)c(C)n(C3CC3)c12. The topological polar surface area (TPSA) is 221 Å². The lowest BCUT2D eigenvalue weighted by Gasteiger charge is -2.62. The molecule has 5 saturated carbocycles.